The van der Waals surface area contributed by atoms with E-state index in [1.807, 2.05) is 55.4 Å². The Morgan fingerprint density at radius 3 is 1.09 bits per heavy atom. The van der Waals surface area contributed by atoms with Crippen LogP contribution in [0, 0.1) is 0 Å². The van der Waals surface area contributed by atoms with Crippen LogP contribution >= 0.6 is 0 Å². The van der Waals surface area contributed by atoms with E-state index in [0.29, 0.717) is 26.4 Å². The second-order valence-electron chi connectivity index (χ2n) is 13.6. The number of nitrogens with zero attached hydrogens (tertiary/aromatic N) is 2. The quantitative estimate of drug-likeness (QED) is 0.254. The lowest BCUT2D eigenvalue weighted by Crippen LogP contribution is -2.37. The van der Waals surface area contributed by atoms with E-state index >= 15 is 0 Å². The molecule has 2 amide bonds. The molecule has 16 nitrogen and oxygen atoms in total. The number of nitrogens with one attached hydrogen (secondary N) is 4. The number of hydrogen-bond donors (Lipinski definition) is 4. The third-order valence-electron chi connectivity index (χ3n) is 7.57. The monoisotopic (exact) mass is 652 g/mol. The summed E-state index contributed by atoms with van der Waals surface area (Å²) in [4.78, 5) is 36.5. The van der Waals surface area contributed by atoms with Crippen molar-refractivity contribution in [2.24, 2.45) is 0 Å². The zero-order chi connectivity index (χ0) is 33.3. The molecule has 2 unspecified atom stereocenters. The van der Waals surface area contributed by atoms with E-state index in [0.717, 1.165) is 0 Å². The Hall–Kier alpha value is -2.70. The summed E-state index contributed by atoms with van der Waals surface area (Å²) in [6.45, 7) is 16.8. The highest BCUT2D eigenvalue weighted by Crippen LogP contribution is 2.27. The van der Waals surface area contributed by atoms with Gasteiger partial charge >= 0.3 is 0 Å². The second-order valence-corrected chi connectivity index (χ2v) is 13.6. The Morgan fingerprint density at radius 2 is 0.826 bits per heavy atom. The van der Waals surface area contributed by atoms with Crippen molar-refractivity contribution in [2.75, 3.05) is 63.2 Å². The van der Waals surface area contributed by atoms with Gasteiger partial charge in [0.25, 0.3) is 11.8 Å². The molecule has 0 aliphatic carbocycles. The topological polar surface area (TPSA) is 182 Å². The Labute approximate surface area is 269 Å². The average molecular weight is 653 g/mol. The molecule has 0 bridgehead atoms. The van der Waals surface area contributed by atoms with Crippen molar-refractivity contribution in [2.45, 2.75) is 103 Å². The van der Waals surface area contributed by atoms with Crippen molar-refractivity contribution in [1.29, 1.82) is 0 Å². The highest BCUT2D eigenvalue weighted by molar-refractivity contribution is 6.01. The molecule has 1 aromatic rings. The summed E-state index contributed by atoms with van der Waals surface area (Å²) in [5.41, 5.74) is -0.0396. The van der Waals surface area contributed by atoms with Crippen LogP contribution in [0.5, 0.6) is 0 Å². The summed E-state index contributed by atoms with van der Waals surface area (Å²) in [5.74, 6) is -3.77. The molecule has 0 radical (unpaired) electrons. The van der Waals surface area contributed by atoms with Crippen LogP contribution in [-0.4, -0.2) is 122 Å². The van der Waals surface area contributed by atoms with Crippen molar-refractivity contribution in [3.8, 4) is 0 Å². The molecule has 0 spiro atoms. The smallest absolute Gasteiger partial charge is 0.273 e. The summed E-state index contributed by atoms with van der Waals surface area (Å²) in [6, 6.07) is 0. The lowest BCUT2D eigenvalue weighted by atomic mass is 10.2. The fourth-order valence-electron chi connectivity index (χ4n) is 5.45. The van der Waals surface area contributed by atoms with Crippen LogP contribution < -0.4 is 21.3 Å². The zero-order valence-corrected chi connectivity index (χ0v) is 27.9. The van der Waals surface area contributed by atoms with Gasteiger partial charge in [-0.3, -0.25) is 9.59 Å². The number of aromatic nitrogens is 2. The van der Waals surface area contributed by atoms with Crippen molar-refractivity contribution in [1.82, 2.24) is 20.6 Å². The molecule has 258 valence electrons. The molecule has 0 aromatic carbocycles. The average Bonchev–Trinajstić information content (AvgIpc) is 3.72. The van der Waals surface area contributed by atoms with Crippen LogP contribution in [-0.2, 0) is 37.9 Å². The zero-order valence-electron chi connectivity index (χ0n) is 27.9. The molecule has 1 aromatic heterocycles. The van der Waals surface area contributed by atoms with Gasteiger partial charge in [0.1, 0.15) is 24.4 Å². The third kappa shape index (κ3) is 9.22. The van der Waals surface area contributed by atoms with Gasteiger partial charge in [-0.05, 0) is 55.4 Å². The molecule has 16 heteroatoms. The van der Waals surface area contributed by atoms with E-state index in [2.05, 4.69) is 31.2 Å². The number of ether oxygens (including phenoxy) is 8. The van der Waals surface area contributed by atoms with Gasteiger partial charge in [0, 0.05) is 26.2 Å². The number of hydrogen-bond acceptors (Lipinski definition) is 14. The maximum atomic E-state index is 13.6. The van der Waals surface area contributed by atoms with Gasteiger partial charge in [-0.25, -0.2) is 9.97 Å². The maximum absolute atomic E-state index is 13.6. The molecular weight excluding hydrogens is 604 g/mol. The SMILES string of the molecule is CC1(C)OCC(CNC(=O)c2nc(NC[C@@H]3COC(C)(C)O3)c(C(=O)NCC3COC(C)(C)O3)nc2NC[C@@H]2COC(C)(C)O2)O1. The molecule has 4 aliphatic rings. The van der Waals surface area contributed by atoms with Crippen molar-refractivity contribution in [3.05, 3.63) is 11.4 Å². The van der Waals surface area contributed by atoms with Gasteiger partial charge in [-0.1, -0.05) is 0 Å². The lowest BCUT2D eigenvalue weighted by Gasteiger charge is -2.21. The van der Waals surface area contributed by atoms with Crippen LogP contribution in [0.25, 0.3) is 0 Å². The van der Waals surface area contributed by atoms with Crippen molar-refractivity contribution < 1.29 is 47.5 Å². The van der Waals surface area contributed by atoms with E-state index in [-0.39, 0.29) is 73.6 Å². The van der Waals surface area contributed by atoms with E-state index in [1.165, 1.54) is 0 Å². The first kappa shape index (κ1) is 34.6. The maximum Gasteiger partial charge on any atom is 0.273 e. The van der Waals surface area contributed by atoms with Gasteiger partial charge in [0.2, 0.25) is 0 Å². The Balaban J connectivity index is 1.38. The normalized spacial score (nSPS) is 29.0. The molecule has 0 saturated carbocycles. The van der Waals surface area contributed by atoms with Crippen LogP contribution in [0.15, 0.2) is 0 Å². The van der Waals surface area contributed by atoms with Gasteiger partial charge < -0.3 is 59.2 Å². The lowest BCUT2D eigenvalue weighted by molar-refractivity contribution is -0.138. The Kier molecular flexibility index (Phi) is 10.1. The van der Waals surface area contributed by atoms with Gasteiger partial charge in [-0.15, -0.1) is 0 Å². The number of carbonyl (C=O) groups is 2. The molecular formula is C30H48N6O10. The molecule has 4 aliphatic heterocycles. The molecule has 4 atom stereocenters. The predicted molar refractivity (Wildman–Crippen MR) is 163 cm³/mol. The molecule has 5 heterocycles. The summed E-state index contributed by atoms with van der Waals surface area (Å²) in [5, 5.41) is 12.1. The van der Waals surface area contributed by atoms with E-state index in [1.54, 1.807) is 0 Å². The van der Waals surface area contributed by atoms with Gasteiger partial charge in [-0.2, -0.15) is 0 Å². The number of rotatable bonds is 12. The minimum absolute atomic E-state index is 0.0198. The van der Waals surface area contributed by atoms with Gasteiger partial charge in [0.05, 0.1) is 26.4 Å². The highest BCUT2D eigenvalue weighted by Gasteiger charge is 2.37. The largest absolute Gasteiger partial charge is 0.365 e. The standard InChI is InChI=1S/C30H48N6O10/c1-27(2)39-13-17(43-27)9-31-23-21(25(37)33-11-19-15-41-29(5,6)45-19)36-24(32-10-18-14-40-28(3,4)44-18)22(35-23)26(38)34-12-20-16-42-30(7,8)46-20/h17-20H,9-16H2,1-8H3,(H,31,35)(H,32,36)(H,33,37)(H,34,38)/t17-,18-,19?,20?/m1/s1. The van der Waals surface area contributed by atoms with Crippen molar-refractivity contribution >= 4 is 23.5 Å². The number of anilines is 2. The summed E-state index contributed by atoms with van der Waals surface area (Å²) >= 11 is 0. The molecule has 5 rings (SSSR count). The fourth-order valence-corrected chi connectivity index (χ4v) is 5.45. The second kappa shape index (κ2) is 13.4. The van der Waals surface area contributed by atoms with E-state index < -0.39 is 35.0 Å². The Bertz CT molecular complexity index is 1180. The molecule has 46 heavy (non-hydrogen) atoms. The first-order valence-electron chi connectivity index (χ1n) is 15.7. The fraction of sp³-hybridized carbons (Fsp3) is 0.800. The summed E-state index contributed by atoms with van der Waals surface area (Å²) < 4.78 is 46.1. The first-order chi connectivity index (χ1) is 21.5. The summed E-state index contributed by atoms with van der Waals surface area (Å²) in [6.07, 6.45) is -1.32. The minimum atomic E-state index is -0.741. The third-order valence-corrected chi connectivity index (χ3v) is 7.57. The Morgan fingerprint density at radius 1 is 0.543 bits per heavy atom. The van der Waals surface area contributed by atoms with Crippen LogP contribution in [0.1, 0.15) is 76.4 Å². The van der Waals surface area contributed by atoms with E-state index in [4.69, 9.17) is 37.9 Å². The van der Waals surface area contributed by atoms with Crippen molar-refractivity contribution in [3.63, 3.8) is 0 Å². The van der Waals surface area contributed by atoms with E-state index in [9.17, 15) is 9.59 Å². The number of carbonyl (C=O) groups excluding carboxylic acids is 2. The molecule has 4 fully saturated rings. The van der Waals surface area contributed by atoms with Crippen LogP contribution in [0.4, 0.5) is 11.6 Å². The summed E-state index contributed by atoms with van der Waals surface area (Å²) in [7, 11) is 0. The van der Waals surface area contributed by atoms with Crippen LogP contribution in [0.2, 0.25) is 0 Å². The first-order valence-corrected chi connectivity index (χ1v) is 15.7. The predicted octanol–water partition coefficient (Wildman–Crippen LogP) is 1.37. The molecule has 4 N–H and O–H groups in total. The number of amides is 2. The highest BCUT2D eigenvalue weighted by atomic mass is 16.8. The van der Waals surface area contributed by atoms with Crippen LogP contribution in [0.3, 0.4) is 0 Å². The molecule has 4 saturated heterocycles. The van der Waals surface area contributed by atoms with Gasteiger partial charge in [0.15, 0.2) is 46.2 Å². The minimum Gasteiger partial charge on any atom is -0.365 e.